The van der Waals surface area contributed by atoms with E-state index in [1.54, 1.807) is 29.9 Å². The number of para-hydroxylation sites is 1. The number of aromatic nitrogens is 2. The van der Waals surface area contributed by atoms with Crippen LogP contribution in [0, 0.1) is 0 Å². The molecule has 0 aliphatic heterocycles. The Labute approximate surface area is 167 Å². The molecule has 0 radical (unpaired) electrons. The van der Waals surface area contributed by atoms with E-state index in [9.17, 15) is 14.7 Å². The first-order valence-corrected chi connectivity index (χ1v) is 9.25. The van der Waals surface area contributed by atoms with Gasteiger partial charge in [-0.25, -0.2) is 9.78 Å². The molecule has 1 heterocycles. The Kier molecular flexibility index (Phi) is 5.97. The van der Waals surface area contributed by atoms with Crippen molar-refractivity contribution in [2.24, 2.45) is 0 Å². The number of hydrogen-bond donors (Lipinski definition) is 1. The summed E-state index contributed by atoms with van der Waals surface area (Å²) in [6, 6.07) is 10.0. The Hall–Kier alpha value is -3.61. The van der Waals surface area contributed by atoms with Gasteiger partial charge < -0.3 is 19.1 Å². The predicted molar refractivity (Wildman–Crippen MR) is 112 cm³/mol. The van der Waals surface area contributed by atoms with Gasteiger partial charge in [0.1, 0.15) is 5.69 Å². The van der Waals surface area contributed by atoms with Crippen LogP contribution in [-0.4, -0.2) is 34.3 Å². The second-order valence-electron chi connectivity index (χ2n) is 6.20. The van der Waals surface area contributed by atoms with Crippen molar-refractivity contribution in [2.75, 3.05) is 13.7 Å². The van der Waals surface area contributed by atoms with E-state index in [2.05, 4.69) is 4.98 Å². The molecule has 7 heteroatoms. The lowest BCUT2D eigenvalue weighted by molar-refractivity contribution is 0.0697. The molecule has 3 rings (SSSR count). The van der Waals surface area contributed by atoms with Gasteiger partial charge in [0.15, 0.2) is 11.5 Å². The number of carboxylic acid groups (broad SMARTS) is 1. The van der Waals surface area contributed by atoms with Crippen LogP contribution in [-0.2, 0) is 6.54 Å². The van der Waals surface area contributed by atoms with Gasteiger partial charge in [0.2, 0.25) is 0 Å². The first-order valence-electron chi connectivity index (χ1n) is 9.25. The fourth-order valence-electron chi connectivity index (χ4n) is 3.14. The first-order chi connectivity index (χ1) is 14.0. The Morgan fingerprint density at radius 3 is 2.66 bits per heavy atom. The van der Waals surface area contributed by atoms with Gasteiger partial charge in [0.05, 0.1) is 30.3 Å². The number of aryl methyl sites for hydroxylation is 1. The SMILES string of the molecule is CCOc1cccc(/C=C/c2nc3cc(C(=O)O)ccc3n(CC)c2=O)c1OC. The molecular formula is C22H22N2O5. The van der Waals surface area contributed by atoms with Crippen molar-refractivity contribution in [1.29, 1.82) is 0 Å². The van der Waals surface area contributed by atoms with Gasteiger partial charge in [-0.2, -0.15) is 0 Å². The monoisotopic (exact) mass is 394 g/mol. The number of fused-ring (bicyclic) bond motifs is 1. The van der Waals surface area contributed by atoms with Crippen LogP contribution in [0.4, 0.5) is 0 Å². The molecular weight excluding hydrogens is 372 g/mol. The van der Waals surface area contributed by atoms with Crippen LogP contribution in [0.2, 0.25) is 0 Å². The van der Waals surface area contributed by atoms with E-state index in [1.807, 2.05) is 32.0 Å². The maximum Gasteiger partial charge on any atom is 0.335 e. The van der Waals surface area contributed by atoms with Gasteiger partial charge in [-0.05, 0) is 50.3 Å². The summed E-state index contributed by atoms with van der Waals surface area (Å²) in [5.74, 6) is 0.133. The van der Waals surface area contributed by atoms with E-state index in [0.29, 0.717) is 35.7 Å². The lowest BCUT2D eigenvalue weighted by Gasteiger charge is -2.12. The number of hydrogen-bond acceptors (Lipinski definition) is 5. The average molecular weight is 394 g/mol. The van der Waals surface area contributed by atoms with Crippen molar-refractivity contribution in [3.05, 3.63) is 63.6 Å². The van der Waals surface area contributed by atoms with Crippen LogP contribution in [0.5, 0.6) is 11.5 Å². The van der Waals surface area contributed by atoms with Crippen molar-refractivity contribution in [2.45, 2.75) is 20.4 Å². The minimum atomic E-state index is -1.04. The van der Waals surface area contributed by atoms with Gasteiger partial charge in [0.25, 0.3) is 5.56 Å². The molecule has 1 aromatic heterocycles. The molecule has 0 fully saturated rings. The predicted octanol–water partition coefficient (Wildman–Crippen LogP) is 3.69. The van der Waals surface area contributed by atoms with Crippen LogP contribution in [0.3, 0.4) is 0 Å². The third kappa shape index (κ3) is 3.99. The molecule has 3 aromatic rings. The normalized spacial score (nSPS) is 11.1. The highest BCUT2D eigenvalue weighted by Crippen LogP contribution is 2.32. The third-order valence-corrected chi connectivity index (χ3v) is 4.47. The summed E-state index contributed by atoms with van der Waals surface area (Å²) in [6.07, 6.45) is 3.34. The van der Waals surface area contributed by atoms with E-state index in [-0.39, 0.29) is 16.8 Å². The van der Waals surface area contributed by atoms with Crippen molar-refractivity contribution in [1.82, 2.24) is 9.55 Å². The maximum absolute atomic E-state index is 12.9. The smallest absolute Gasteiger partial charge is 0.335 e. The van der Waals surface area contributed by atoms with E-state index < -0.39 is 5.97 Å². The topological polar surface area (TPSA) is 90.6 Å². The lowest BCUT2D eigenvalue weighted by Crippen LogP contribution is -2.23. The molecule has 0 unspecified atom stereocenters. The Bertz CT molecular complexity index is 1150. The molecule has 29 heavy (non-hydrogen) atoms. The van der Waals surface area contributed by atoms with E-state index in [4.69, 9.17) is 9.47 Å². The second-order valence-corrected chi connectivity index (χ2v) is 6.20. The number of carbonyl (C=O) groups is 1. The number of methoxy groups -OCH3 is 1. The Balaban J connectivity index is 2.13. The largest absolute Gasteiger partial charge is 0.492 e. The molecule has 0 spiro atoms. The number of carboxylic acids is 1. The van der Waals surface area contributed by atoms with Crippen LogP contribution in [0.1, 0.15) is 35.5 Å². The minimum absolute atomic E-state index is 0.118. The zero-order chi connectivity index (χ0) is 21.0. The third-order valence-electron chi connectivity index (χ3n) is 4.47. The van der Waals surface area contributed by atoms with Gasteiger partial charge >= 0.3 is 5.97 Å². The first kappa shape index (κ1) is 20.1. The summed E-state index contributed by atoms with van der Waals surface area (Å²) in [5.41, 5.74) is 1.86. The lowest BCUT2D eigenvalue weighted by atomic mass is 10.1. The van der Waals surface area contributed by atoms with Crippen molar-refractivity contribution < 1.29 is 19.4 Å². The molecule has 150 valence electrons. The summed E-state index contributed by atoms with van der Waals surface area (Å²) in [4.78, 5) is 28.5. The zero-order valence-electron chi connectivity index (χ0n) is 16.5. The number of ether oxygens (including phenoxy) is 2. The summed E-state index contributed by atoms with van der Waals surface area (Å²) in [6.45, 7) is 4.69. The van der Waals surface area contributed by atoms with Crippen molar-refractivity contribution in [3.63, 3.8) is 0 Å². The molecule has 0 bridgehead atoms. The molecule has 0 saturated heterocycles. The Morgan fingerprint density at radius 1 is 1.21 bits per heavy atom. The molecule has 1 N–H and O–H groups in total. The quantitative estimate of drug-likeness (QED) is 0.657. The standard InChI is InChI=1S/C22H22N2O5/c1-4-24-18-12-10-15(22(26)27)13-17(18)23-16(21(24)25)11-9-14-7-6-8-19(29-5-2)20(14)28-3/h6-13H,4-5H2,1-3H3,(H,26,27)/b11-9+. The second kappa shape index (κ2) is 8.60. The molecule has 0 saturated carbocycles. The molecule has 2 aromatic carbocycles. The zero-order valence-corrected chi connectivity index (χ0v) is 16.5. The van der Waals surface area contributed by atoms with Crippen LogP contribution >= 0.6 is 0 Å². The van der Waals surface area contributed by atoms with Gasteiger partial charge in [-0.15, -0.1) is 0 Å². The van der Waals surface area contributed by atoms with Crippen molar-refractivity contribution in [3.8, 4) is 11.5 Å². The van der Waals surface area contributed by atoms with Gasteiger partial charge in [-0.3, -0.25) is 4.79 Å². The average Bonchev–Trinajstić information content (AvgIpc) is 2.72. The fraction of sp³-hybridized carbons (Fsp3) is 0.227. The van der Waals surface area contributed by atoms with Crippen LogP contribution in [0.25, 0.3) is 23.2 Å². The number of rotatable bonds is 7. The number of aromatic carboxylic acids is 1. The molecule has 0 aliphatic carbocycles. The number of benzene rings is 2. The van der Waals surface area contributed by atoms with E-state index in [1.165, 1.54) is 12.1 Å². The van der Waals surface area contributed by atoms with Gasteiger partial charge in [0, 0.05) is 12.1 Å². The molecule has 7 nitrogen and oxygen atoms in total. The molecule has 0 aliphatic rings. The highest BCUT2D eigenvalue weighted by molar-refractivity contribution is 5.92. The highest BCUT2D eigenvalue weighted by Gasteiger charge is 2.12. The van der Waals surface area contributed by atoms with Crippen LogP contribution < -0.4 is 15.0 Å². The summed E-state index contributed by atoms with van der Waals surface area (Å²) in [5, 5.41) is 9.24. The van der Waals surface area contributed by atoms with Crippen molar-refractivity contribution >= 4 is 29.2 Å². The van der Waals surface area contributed by atoms with Gasteiger partial charge in [-0.1, -0.05) is 12.1 Å². The molecule has 0 amide bonds. The van der Waals surface area contributed by atoms with Crippen LogP contribution in [0.15, 0.2) is 41.2 Å². The summed E-state index contributed by atoms with van der Waals surface area (Å²) >= 11 is 0. The number of nitrogens with zero attached hydrogens (tertiary/aromatic N) is 2. The minimum Gasteiger partial charge on any atom is -0.492 e. The van der Waals surface area contributed by atoms with E-state index >= 15 is 0 Å². The summed E-state index contributed by atoms with van der Waals surface area (Å²) in [7, 11) is 1.56. The molecule has 0 atom stereocenters. The highest BCUT2D eigenvalue weighted by atomic mass is 16.5. The maximum atomic E-state index is 12.9. The summed E-state index contributed by atoms with van der Waals surface area (Å²) < 4.78 is 12.6. The Morgan fingerprint density at radius 2 is 2.00 bits per heavy atom. The van der Waals surface area contributed by atoms with E-state index in [0.717, 1.165) is 5.56 Å². The fourth-order valence-corrected chi connectivity index (χ4v) is 3.14.